The molecule has 0 aliphatic rings. The molecule has 6 nitrogen and oxygen atoms in total. The van der Waals surface area contributed by atoms with E-state index in [1.807, 2.05) is 0 Å². The van der Waals surface area contributed by atoms with Gasteiger partial charge < -0.3 is 19.3 Å². The van der Waals surface area contributed by atoms with Gasteiger partial charge >= 0.3 is 5.97 Å². The third-order valence-electron chi connectivity index (χ3n) is 2.48. The van der Waals surface area contributed by atoms with Crippen LogP contribution in [0.4, 0.5) is 0 Å². The standard InChI is InChI=1S/C13H16O6/c1-4-18-11(7-14)19-12-8(2)10(17-3)6-5-9(12)13(15)16/h5-7,11H,4H2,1-3H3,(H,15,16). The minimum atomic E-state index is -1.15. The molecule has 0 aliphatic heterocycles. The number of hydrogen-bond acceptors (Lipinski definition) is 5. The van der Waals surface area contributed by atoms with Crippen molar-refractivity contribution in [2.75, 3.05) is 13.7 Å². The van der Waals surface area contributed by atoms with Crippen molar-refractivity contribution in [1.82, 2.24) is 0 Å². The Balaban J connectivity index is 3.21. The van der Waals surface area contributed by atoms with Gasteiger partial charge in [0.15, 0.2) is 6.29 Å². The smallest absolute Gasteiger partial charge is 0.339 e. The molecule has 104 valence electrons. The van der Waals surface area contributed by atoms with E-state index in [4.69, 9.17) is 19.3 Å². The Labute approximate surface area is 110 Å². The summed E-state index contributed by atoms with van der Waals surface area (Å²) >= 11 is 0. The van der Waals surface area contributed by atoms with E-state index < -0.39 is 12.3 Å². The van der Waals surface area contributed by atoms with Crippen LogP contribution in [0, 0.1) is 6.92 Å². The van der Waals surface area contributed by atoms with Crippen LogP contribution in [0.25, 0.3) is 0 Å². The van der Waals surface area contributed by atoms with Crippen molar-refractivity contribution in [2.24, 2.45) is 0 Å². The van der Waals surface area contributed by atoms with E-state index in [2.05, 4.69) is 0 Å². The van der Waals surface area contributed by atoms with E-state index in [1.54, 1.807) is 13.8 Å². The number of benzene rings is 1. The van der Waals surface area contributed by atoms with Gasteiger partial charge in [-0.15, -0.1) is 0 Å². The van der Waals surface area contributed by atoms with E-state index in [1.165, 1.54) is 19.2 Å². The number of hydrogen-bond donors (Lipinski definition) is 1. The fraction of sp³-hybridized carbons (Fsp3) is 0.385. The lowest BCUT2D eigenvalue weighted by Crippen LogP contribution is -2.23. The first kappa shape index (κ1) is 15.0. The SMILES string of the molecule is CCOC(C=O)Oc1c(C(=O)O)ccc(OC)c1C. The molecule has 6 heteroatoms. The lowest BCUT2D eigenvalue weighted by Gasteiger charge is -2.18. The van der Waals surface area contributed by atoms with Crippen LogP contribution >= 0.6 is 0 Å². The second kappa shape index (κ2) is 6.75. The predicted octanol–water partition coefficient (Wildman–Crippen LogP) is 1.64. The average molecular weight is 268 g/mol. The van der Waals surface area contributed by atoms with Crippen LogP contribution < -0.4 is 9.47 Å². The number of rotatable bonds is 7. The van der Waals surface area contributed by atoms with Crippen molar-refractivity contribution in [3.05, 3.63) is 23.3 Å². The third kappa shape index (κ3) is 3.45. The van der Waals surface area contributed by atoms with E-state index in [0.717, 1.165) is 0 Å². The lowest BCUT2D eigenvalue weighted by molar-refractivity contribution is -0.136. The molecular weight excluding hydrogens is 252 g/mol. The predicted molar refractivity (Wildman–Crippen MR) is 66.8 cm³/mol. The highest BCUT2D eigenvalue weighted by Crippen LogP contribution is 2.32. The van der Waals surface area contributed by atoms with Gasteiger partial charge in [0.1, 0.15) is 17.1 Å². The number of carboxylic acid groups (broad SMARTS) is 1. The largest absolute Gasteiger partial charge is 0.496 e. The maximum absolute atomic E-state index is 11.2. The molecule has 0 spiro atoms. The summed E-state index contributed by atoms with van der Waals surface area (Å²) in [6.45, 7) is 3.62. The number of carbonyl (C=O) groups is 2. The molecule has 1 aromatic rings. The van der Waals surface area contributed by atoms with Gasteiger partial charge in [-0.25, -0.2) is 4.79 Å². The minimum Gasteiger partial charge on any atom is -0.496 e. The summed E-state index contributed by atoms with van der Waals surface area (Å²) in [5, 5.41) is 9.12. The zero-order chi connectivity index (χ0) is 14.4. The Morgan fingerprint density at radius 1 is 1.47 bits per heavy atom. The van der Waals surface area contributed by atoms with Gasteiger partial charge in [0, 0.05) is 12.2 Å². The molecule has 0 amide bonds. The molecule has 19 heavy (non-hydrogen) atoms. The van der Waals surface area contributed by atoms with Gasteiger partial charge in [-0.1, -0.05) is 0 Å². The maximum atomic E-state index is 11.2. The second-order valence-electron chi connectivity index (χ2n) is 3.65. The summed E-state index contributed by atoms with van der Waals surface area (Å²) < 4.78 is 15.4. The molecule has 0 aromatic heterocycles. The van der Waals surface area contributed by atoms with Crippen LogP contribution in [0.15, 0.2) is 12.1 Å². The van der Waals surface area contributed by atoms with Gasteiger partial charge in [-0.05, 0) is 26.0 Å². The van der Waals surface area contributed by atoms with E-state index in [9.17, 15) is 9.59 Å². The van der Waals surface area contributed by atoms with Gasteiger partial charge in [0.05, 0.1) is 7.11 Å². The molecular formula is C13H16O6. The van der Waals surface area contributed by atoms with E-state index in [0.29, 0.717) is 17.6 Å². The van der Waals surface area contributed by atoms with Gasteiger partial charge in [-0.3, -0.25) is 4.79 Å². The fourth-order valence-electron chi connectivity index (χ4n) is 1.60. The van der Waals surface area contributed by atoms with Gasteiger partial charge in [0.25, 0.3) is 6.29 Å². The molecule has 0 heterocycles. The van der Waals surface area contributed by atoms with Crippen LogP contribution in [0.5, 0.6) is 11.5 Å². The summed E-state index contributed by atoms with van der Waals surface area (Å²) in [6.07, 6.45) is -0.678. The number of carboxylic acids is 1. The molecule has 0 saturated heterocycles. The van der Waals surface area contributed by atoms with Crippen LogP contribution in [0.1, 0.15) is 22.8 Å². The average Bonchev–Trinajstić information content (AvgIpc) is 2.39. The van der Waals surface area contributed by atoms with Crippen LogP contribution in [-0.2, 0) is 9.53 Å². The minimum absolute atomic E-state index is 0.0511. The Kier molecular flexibility index (Phi) is 5.32. The number of methoxy groups -OCH3 is 1. The highest BCUT2D eigenvalue weighted by atomic mass is 16.7. The first-order valence-electron chi connectivity index (χ1n) is 5.69. The fourth-order valence-corrected chi connectivity index (χ4v) is 1.60. The Morgan fingerprint density at radius 2 is 2.16 bits per heavy atom. The molecule has 1 atom stereocenters. The molecule has 1 rings (SSSR count). The first-order chi connectivity index (χ1) is 9.04. The van der Waals surface area contributed by atoms with Crippen molar-refractivity contribution in [1.29, 1.82) is 0 Å². The van der Waals surface area contributed by atoms with Crippen molar-refractivity contribution < 1.29 is 28.9 Å². The number of aldehydes is 1. The van der Waals surface area contributed by atoms with E-state index >= 15 is 0 Å². The molecule has 1 unspecified atom stereocenters. The first-order valence-corrected chi connectivity index (χ1v) is 5.69. The Bertz CT molecular complexity index is 468. The summed E-state index contributed by atoms with van der Waals surface area (Å²) in [7, 11) is 1.46. The molecule has 1 aromatic carbocycles. The van der Waals surface area contributed by atoms with Crippen molar-refractivity contribution in [3.8, 4) is 11.5 Å². The topological polar surface area (TPSA) is 82.1 Å². The third-order valence-corrected chi connectivity index (χ3v) is 2.48. The monoisotopic (exact) mass is 268 g/mol. The highest BCUT2D eigenvalue weighted by molar-refractivity contribution is 5.92. The number of carbonyl (C=O) groups excluding carboxylic acids is 1. The second-order valence-corrected chi connectivity index (χ2v) is 3.65. The Morgan fingerprint density at radius 3 is 2.63 bits per heavy atom. The molecule has 0 saturated carbocycles. The van der Waals surface area contributed by atoms with Crippen molar-refractivity contribution in [3.63, 3.8) is 0 Å². The summed E-state index contributed by atoms with van der Waals surface area (Å²) in [5.41, 5.74) is 0.443. The quantitative estimate of drug-likeness (QED) is 0.598. The summed E-state index contributed by atoms with van der Waals surface area (Å²) in [5.74, 6) is -0.611. The molecule has 0 fully saturated rings. The molecule has 0 aliphatic carbocycles. The zero-order valence-corrected chi connectivity index (χ0v) is 11.0. The summed E-state index contributed by atoms with van der Waals surface area (Å²) in [6, 6.07) is 2.89. The van der Waals surface area contributed by atoms with Crippen LogP contribution in [-0.4, -0.2) is 37.4 Å². The Hall–Kier alpha value is -2.08. The molecule has 0 bridgehead atoms. The number of aromatic carboxylic acids is 1. The normalized spacial score (nSPS) is 11.7. The van der Waals surface area contributed by atoms with Crippen LogP contribution in [0.2, 0.25) is 0 Å². The molecule has 1 N–H and O–H groups in total. The van der Waals surface area contributed by atoms with Gasteiger partial charge in [-0.2, -0.15) is 0 Å². The van der Waals surface area contributed by atoms with Crippen molar-refractivity contribution >= 4 is 12.3 Å². The van der Waals surface area contributed by atoms with E-state index in [-0.39, 0.29) is 17.9 Å². The maximum Gasteiger partial charge on any atom is 0.339 e. The lowest BCUT2D eigenvalue weighted by atomic mass is 10.1. The summed E-state index contributed by atoms with van der Waals surface area (Å²) in [4.78, 5) is 22.0. The molecule has 0 radical (unpaired) electrons. The number of ether oxygens (including phenoxy) is 3. The van der Waals surface area contributed by atoms with Crippen molar-refractivity contribution in [2.45, 2.75) is 20.1 Å². The highest BCUT2D eigenvalue weighted by Gasteiger charge is 2.20. The van der Waals surface area contributed by atoms with Gasteiger partial charge in [0.2, 0.25) is 0 Å². The van der Waals surface area contributed by atoms with Crippen LogP contribution in [0.3, 0.4) is 0 Å². The zero-order valence-electron chi connectivity index (χ0n) is 11.0.